The van der Waals surface area contributed by atoms with Gasteiger partial charge in [-0.3, -0.25) is 9.69 Å². The maximum atomic E-state index is 11.8. The molecule has 0 aromatic heterocycles. The fourth-order valence-corrected chi connectivity index (χ4v) is 2.51. The standard InChI is InChI=1S/C12H12BrNO4/c1-12(6-10(15)16)7-18-11(17)14(12)9-5-3-2-4-8(9)13/h2-5H,6-7H2,1H3,(H,15,16). The summed E-state index contributed by atoms with van der Waals surface area (Å²) >= 11 is 3.35. The number of hydrogen-bond donors (Lipinski definition) is 1. The van der Waals surface area contributed by atoms with E-state index in [2.05, 4.69) is 15.9 Å². The van der Waals surface area contributed by atoms with E-state index in [1.165, 1.54) is 4.90 Å². The smallest absolute Gasteiger partial charge is 0.415 e. The predicted molar refractivity (Wildman–Crippen MR) is 68.6 cm³/mol. The van der Waals surface area contributed by atoms with E-state index in [1.807, 2.05) is 6.07 Å². The van der Waals surface area contributed by atoms with Crippen molar-refractivity contribution in [3.8, 4) is 0 Å². The van der Waals surface area contributed by atoms with Gasteiger partial charge in [-0.25, -0.2) is 4.79 Å². The molecule has 96 valence electrons. The Labute approximate surface area is 112 Å². The summed E-state index contributed by atoms with van der Waals surface area (Å²) in [6, 6.07) is 7.15. The lowest BCUT2D eigenvalue weighted by atomic mass is 9.97. The average molecular weight is 314 g/mol. The molecule has 1 atom stereocenters. The molecule has 1 heterocycles. The normalized spacial score (nSPS) is 23.0. The summed E-state index contributed by atoms with van der Waals surface area (Å²) in [6.07, 6.45) is -0.689. The Hall–Kier alpha value is -1.56. The Balaban J connectivity index is 2.42. The maximum Gasteiger partial charge on any atom is 0.415 e. The highest BCUT2D eigenvalue weighted by molar-refractivity contribution is 9.10. The number of aliphatic carboxylic acids is 1. The summed E-state index contributed by atoms with van der Waals surface area (Å²) < 4.78 is 5.72. The first-order valence-electron chi connectivity index (χ1n) is 5.37. The molecule has 0 saturated carbocycles. The van der Waals surface area contributed by atoms with E-state index < -0.39 is 17.6 Å². The third-order valence-corrected chi connectivity index (χ3v) is 3.52. The molecule has 1 aliphatic rings. The van der Waals surface area contributed by atoms with Crippen LogP contribution in [0.2, 0.25) is 0 Å². The third-order valence-electron chi connectivity index (χ3n) is 2.85. The van der Waals surface area contributed by atoms with Crippen LogP contribution in [0.1, 0.15) is 13.3 Å². The highest BCUT2D eigenvalue weighted by Gasteiger charge is 2.46. The predicted octanol–water partition coefficient (Wildman–Crippen LogP) is 2.64. The number of ether oxygens (including phenoxy) is 1. The Bertz CT molecular complexity index is 505. The van der Waals surface area contributed by atoms with Crippen LogP contribution >= 0.6 is 15.9 Å². The van der Waals surface area contributed by atoms with Gasteiger partial charge < -0.3 is 9.84 Å². The number of carboxylic acid groups (broad SMARTS) is 1. The van der Waals surface area contributed by atoms with Crippen molar-refractivity contribution >= 4 is 33.7 Å². The molecule has 5 nitrogen and oxygen atoms in total. The van der Waals surface area contributed by atoms with E-state index >= 15 is 0 Å². The molecule has 1 fully saturated rings. The Morgan fingerprint density at radius 2 is 2.22 bits per heavy atom. The number of hydrogen-bond acceptors (Lipinski definition) is 3. The molecule has 1 amide bonds. The van der Waals surface area contributed by atoms with Crippen molar-refractivity contribution in [1.82, 2.24) is 0 Å². The summed E-state index contributed by atoms with van der Waals surface area (Å²) in [4.78, 5) is 24.1. The van der Waals surface area contributed by atoms with Gasteiger partial charge in [0.15, 0.2) is 0 Å². The quantitative estimate of drug-likeness (QED) is 0.931. The van der Waals surface area contributed by atoms with Crippen molar-refractivity contribution in [3.63, 3.8) is 0 Å². The van der Waals surface area contributed by atoms with Gasteiger partial charge in [-0.15, -0.1) is 0 Å². The number of benzene rings is 1. The van der Waals surface area contributed by atoms with Crippen LogP contribution in [-0.2, 0) is 9.53 Å². The first-order valence-corrected chi connectivity index (χ1v) is 6.17. The van der Waals surface area contributed by atoms with Crippen molar-refractivity contribution in [3.05, 3.63) is 28.7 Å². The second-order valence-corrected chi connectivity index (χ2v) is 5.26. The van der Waals surface area contributed by atoms with Gasteiger partial charge in [-0.05, 0) is 35.0 Å². The second-order valence-electron chi connectivity index (χ2n) is 4.41. The lowest BCUT2D eigenvalue weighted by Crippen LogP contribution is -2.46. The largest absolute Gasteiger partial charge is 0.481 e. The van der Waals surface area contributed by atoms with Gasteiger partial charge in [0.2, 0.25) is 0 Å². The SMILES string of the molecule is CC1(CC(=O)O)COC(=O)N1c1ccccc1Br. The van der Waals surface area contributed by atoms with Crippen LogP contribution in [0.4, 0.5) is 10.5 Å². The van der Waals surface area contributed by atoms with Crippen LogP contribution in [0.15, 0.2) is 28.7 Å². The number of carbonyl (C=O) groups excluding carboxylic acids is 1. The van der Waals surface area contributed by atoms with Crippen molar-refractivity contribution < 1.29 is 19.4 Å². The molecular weight excluding hydrogens is 302 g/mol. The lowest BCUT2D eigenvalue weighted by Gasteiger charge is -2.31. The number of halogens is 1. The zero-order valence-electron chi connectivity index (χ0n) is 9.72. The molecule has 6 heteroatoms. The molecule has 18 heavy (non-hydrogen) atoms. The number of para-hydroxylation sites is 1. The molecule has 1 N–H and O–H groups in total. The molecular formula is C12H12BrNO4. The zero-order valence-corrected chi connectivity index (χ0v) is 11.3. The van der Waals surface area contributed by atoms with Crippen molar-refractivity contribution in [2.24, 2.45) is 0 Å². The van der Waals surface area contributed by atoms with Gasteiger partial charge in [-0.2, -0.15) is 0 Å². The summed E-state index contributed by atoms with van der Waals surface area (Å²) in [5.74, 6) is -0.965. The Morgan fingerprint density at radius 1 is 1.56 bits per heavy atom. The molecule has 0 aliphatic carbocycles. The molecule has 0 spiro atoms. The van der Waals surface area contributed by atoms with E-state index in [4.69, 9.17) is 9.84 Å². The topological polar surface area (TPSA) is 66.8 Å². The number of carbonyl (C=O) groups is 2. The molecule has 1 unspecified atom stereocenters. The van der Waals surface area contributed by atoms with Gasteiger partial charge in [0.1, 0.15) is 6.61 Å². The maximum absolute atomic E-state index is 11.8. The Morgan fingerprint density at radius 3 is 2.83 bits per heavy atom. The summed E-state index contributed by atoms with van der Waals surface area (Å²) in [7, 11) is 0. The highest BCUT2D eigenvalue weighted by atomic mass is 79.9. The summed E-state index contributed by atoms with van der Waals surface area (Å²) in [6.45, 7) is 1.77. The third kappa shape index (κ3) is 2.20. The van der Waals surface area contributed by atoms with Crippen molar-refractivity contribution in [2.75, 3.05) is 11.5 Å². The van der Waals surface area contributed by atoms with Crippen LogP contribution in [0.5, 0.6) is 0 Å². The van der Waals surface area contributed by atoms with E-state index in [0.29, 0.717) is 5.69 Å². The first-order chi connectivity index (χ1) is 8.44. The zero-order chi connectivity index (χ0) is 13.3. The minimum atomic E-state index is -0.965. The van der Waals surface area contributed by atoms with Gasteiger partial charge in [0.05, 0.1) is 17.6 Å². The number of amides is 1. The van der Waals surface area contributed by atoms with Gasteiger partial charge in [-0.1, -0.05) is 12.1 Å². The first kappa shape index (κ1) is 12.9. The monoisotopic (exact) mass is 313 g/mol. The fraction of sp³-hybridized carbons (Fsp3) is 0.333. The number of carboxylic acids is 1. The number of anilines is 1. The van der Waals surface area contributed by atoms with Crippen LogP contribution in [-0.4, -0.2) is 29.3 Å². The number of rotatable bonds is 3. The molecule has 1 aromatic rings. The summed E-state index contributed by atoms with van der Waals surface area (Å²) in [5.41, 5.74) is -0.254. The molecule has 0 radical (unpaired) electrons. The van der Waals surface area contributed by atoms with E-state index in [9.17, 15) is 9.59 Å². The molecule has 0 bridgehead atoms. The average Bonchev–Trinajstić information content (AvgIpc) is 2.55. The minimum absolute atomic E-state index is 0.0689. The van der Waals surface area contributed by atoms with Crippen molar-refractivity contribution in [2.45, 2.75) is 18.9 Å². The van der Waals surface area contributed by atoms with Crippen molar-refractivity contribution in [1.29, 1.82) is 0 Å². The van der Waals surface area contributed by atoms with Crippen LogP contribution in [0.25, 0.3) is 0 Å². The van der Waals surface area contributed by atoms with Crippen LogP contribution in [0.3, 0.4) is 0 Å². The minimum Gasteiger partial charge on any atom is -0.481 e. The number of cyclic esters (lactones) is 1. The molecule has 2 rings (SSSR count). The molecule has 1 aliphatic heterocycles. The van der Waals surface area contributed by atoms with E-state index in [0.717, 1.165) is 4.47 Å². The second kappa shape index (κ2) is 4.61. The van der Waals surface area contributed by atoms with Gasteiger partial charge >= 0.3 is 12.1 Å². The van der Waals surface area contributed by atoms with Gasteiger partial charge in [0, 0.05) is 4.47 Å². The Kier molecular flexibility index (Phi) is 3.30. The van der Waals surface area contributed by atoms with E-state index in [1.54, 1.807) is 25.1 Å². The summed E-state index contributed by atoms with van der Waals surface area (Å²) in [5, 5.41) is 8.95. The van der Waals surface area contributed by atoms with Gasteiger partial charge in [0.25, 0.3) is 0 Å². The lowest BCUT2D eigenvalue weighted by molar-refractivity contribution is -0.138. The highest BCUT2D eigenvalue weighted by Crippen LogP contribution is 2.37. The van der Waals surface area contributed by atoms with Crippen LogP contribution in [0, 0.1) is 0 Å². The molecule has 1 saturated heterocycles. The fourth-order valence-electron chi connectivity index (χ4n) is 2.04. The number of nitrogens with zero attached hydrogens (tertiary/aromatic N) is 1. The molecule has 1 aromatic carbocycles. The van der Waals surface area contributed by atoms with Crippen LogP contribution < -0.4 is 4.90 Å². The van der Waals surface area contributed by atoms with E-state index in [-0.39, 0.29) is 13.0 Å².